The van der Waals surface area contributed by atoms with Crippen molar-refractivity contribution in [3.63, 3.8) is 0 Å². The molecule has 7 heteroatoms. The Morgan fingerprint density at radius 2 is 0.909 bits per heavy atom. The first-order valence-corrected chi connectivity index (χ1v) is 5.31. The molecule has 0 aliphatic carbocycles. The van der Waals surface area contributed by atoms with Crippen molar-refractivity contribution in [1.29, 1.82) is 0 Å². The fourth-order valence-corrected chi connectivity index (χ4v) is 2.61. The monoisotopic (exact) mass is 196 g/mol. The van der Waals surface area contributed by atoms with Crippen LogP contribution in [0.4, 0.5) is 0 Å². The number of rotatable bonds is 6. The van der Waals surface area contributed by atoms with Crippen LogP contribution in [-0.4, -0.2) is 47.5 Å². The van der Waals surface area contributed by atoms with Gasteiger partial charge in [-0.05, 0) is 0 Å². The predicted molar refractivity (Wildman–Crippen MR) is 40.6 cm³/mol. The molecule has 0 saturated heterocycles. The lowest BCUT2D eigenvalue weighted by Crippen LogP contribution is -2.35. The van der Waals surface area contributed by atoms with E-state index >= 15 is 0 Å². The van der Waals surface area contributed by atoms with Gasteiger partial charge in [0.25, 0.3) is 0 Å². The molecule has 5 nitrogen and oxygen atoms in total. The molecule has 0 aromatic rings. The lowest BCUT2D eigenvalue weighted by atomic mass is 11.8. The fraction of sp³-hybridized carbons (Fsp3) is 1.00. The molecule has 66 valence electrons. The summed E-state index contributed by atoms with van der Waals surface area (Å²) in [6, 6.07) is 0. The van der Waals surface area contributed by atoms with E-state index in [-0.39, 0.29) is 0 Å². The maximum absolute atomic E-state index is 5.16. The molecule has 0 spiro atoms. The maximum Gasteiger partial charge on any atom is 0.569 e. The minimum Gasteiger partial charge on any atom is -0.375 e. The van der Waals surface area contributed by atoms with Crippen LogP contribution in [0.25, 0.3) is 0 Å². The van der Waals surface area contributed by atoms with Crippen molar-refractivity contribution < 1.29 is 21.8 Å². The second kappa shape index (κ2) is 6.91. The van der Waals surface area contributed by atoms with Crippen LogP contribution < -0.4 is 0 Å². The highest BCUT2D eigenvalue weighted by atomic mass is 28.4. The van der Waals surface area contributed by atoms with Crippen molar-refractivity contribution in [2.24, 2.45) is 0 Å². The van der Waals surface area contributed by atoms with Crippen LogP contribution in [0.5, 0.6) is 0 Å². The van der Waals surface area contributed by atoms with E-state index in [0.29, 0.717) is 0 Å². The van der Waals surface area contributed by atoms with E-state index in [1.54, 1.807) is 0 Å². The van der Waals surface area contributed by atoms with Crippen molar-refractivity contribution in [2.75, 3.05) is 28.4 Å². The normalized spacial score (nSPS) is 11.5. The zero-order chi connectivity index (χ0) is 8.69. The summed E-state index contributed by atoms with van der Waals surface area (Å²) in [5.74, 6) is 0. The first-order valence-electron chi connectivity index (χ1n) is 2.86. The van der Waals surface area contributed by atoms with E-state index in [4.69, 9.17) is 21.8 Å². The highest BCUT2D eigenvalue weighted by molar-refractivity contribution is 6.51. The van der Waals surface area contributed by atoms with Crippen molar-refractivity contribution in [3.8, 4) is 0 Å². The quantitative estimate of drug-likeness (QED) is 0.539. The summed E-state index contributed by atoms with van der Waals surface area (Å²) < 4.78 is 24.6. The van der Waals surface area contributed by atoms with Gasteiger partial charge in [0.15, 0.2) is 0 Å². The zero-order valence-corrected chi connectivity index (χ0v) is 9.04. The Bertz CT molecular complexity index is 74.6. The van der Waals surface area contributed by atoms with E-state index in [9.17, 15) is 0 Å². The van der Waals surface area contributed by atoms with Crippen LogP contribution in [0.15, 0.2) is 0 Å². The average molecular weight is 196 g/mol. The molecule has 0 heterocycles. The lowest BCUT2D eigenvalue weighted by molar-refractivity contribution is 0.136. The Morgan fingerprint density at radius 3 is 1.09 bits per heavy atom. The molecule has 0 atom stereocenters. The zero-order valence-electron chi connectivity index (χ0n) is 7.04. The Labute approximate surface area is 70.1 Å². The third-order valence-corrected chi connectivity index (χ3v) is 3.50. The van der Waals surface area contributed by atoms with Gasteiger partial charge in [0, 0.05) is 28.4 Å². The Balaban J connectivity index is 3.58. The van der Waals surface area contributed by atoms with Crippen molar-refractivity contribution in [2.45, 2.75) is 0 Å². The summed E-state index contributed by atoms with van der Waals surface area (Å²) in [6.07, 6.45) is 0. The van der Waals surface area contributed by atoms with Crippen LogP contribution in [0.3, 0.4) is 0 Å². The SMILES string of the molecule is CO[Si](OC)O[Si](OC)OC. The van der Waals surface area contributed by atoms with Crippen LogP contribution in [0, 0.1) is 0 Å². The third-order valence-electron chi connectivity index (χ3n) is 0.833. The summed E-state index contributed by atoms with van der Waals surface area (Å²) in [5.41, 5.74) is 0. The third kappa shape index (κ3) is 4.64. The minimum absolute atomic E-state index is 1.52. The molecular weight excluding hydrogens is 184 g/mol. The summed E-state index contributed by atoms with van der Waals surface area (Å²) in [4.78, 5) is 0. The molecule has 0 aliphatic heterocycles. The van der Waals surface area contributed by atoms with E-state index in [0.717, 1.165) is 0 Å². The molecule has 0 bridgehead atoms. The molecule has 0 aliphatic rings. The molecule has 0 aromatic heterocycles. The van der Waals surface area contributed by atoms with Gasteiger partial charge in [-0.3, -0.25) is 0 Å². The standard InChI is InChI=1S/C4H12O5Si2/c1-5-10(6-2)9-11(7-3)8-4/h1-4H3. The second-order valence-electron chi connectivity index (χ2n) is 1.42. The van der Waals surface area contributed by atoms with Crippen LogP contribution in [0.1, 0.15) is 0 Å². The first-order chi connectivity index (χ1) is 5.28. The highest BCUT2D eigenvalue weighted by Crippen LogP contribution is 1.94. The molecule has 2 radical (unpaired) electrons. The Kier molecular flexibility index (Phi) is 7.06. The van der Waals surface area contributed by atoms with Crippen LogP contribution in [0.2, 0.25) is 0 Å². The molecule has 0 N–H and O–H groups in total. The second-order valence-corrected chi connectivity index (χ2v) is 4.87. The molecule has 0 fully saturated rings. The smallest absolute Gasteiger partial charge is 0.375 e. The van der Waals surface area contributed by atoms with E-state index < -0.39 is 19.1 Å². The highest BCUT2D eigenvalue weighted by Gasteiger charge is 2.26. The topological polar surface area (TPSA) is 46.2 Å². The van der Waals surface area contributed by atoms with Crippen LogP contribution in [-0.2, 0) is 21.8 Å². The van der Waals surface area contributed by atoms with E-state index in [1.807, 2.05) is 0 Å². The lowest BCUT2D eigenvalue weighted by Gasteiger charge is -2.12. The van der Waals surface area contributed by atoms with Gasteiger partial charge in [-0.2, -0.15) is 0 Å². The maximum atomic E-state index is 5.16. The fourth-order valence-electron chi connectivity index (χ4n) is 0.401. The van der Waals surface area contributed by atoms with Gasteiger partial charge in [0.1, 0.15) is 0 Å². The Morgan fingerprint density at radius 1 is 0.636 bits per heavy atom. The van der Waals surface area contributed by atoms with Crippen LogP contribution >= 0.6 is 0 Å². The first kappa shape index (κ1) is 11.2. The van der Waals surface area contributed by atoms with Crippen molar-refractivity contribution in [1.82, 2.24) is 0 Å². The Hall–Kier alpha value is 0.234. The van der Waals surface area contributed by atoms with Gasteiger partial charge < -0.3 is 21.8 Å². The van der Waals surface area contributed by atoms with Crippen molar-refractivity contribution in [3.05, 3.63) is 0 Å². The minimum atomic E-state index is -1.65. The van der Waals surface area contributed by atoms with Gasteiger partial charge in [0.2, 0.25) is 0 Å². The average Bonchev–Trinajstić information content (AvgIpc) is 2.07. The number of hydrogen-bond acceptors (Lipinski definition) is 5. The van der Waals surface area contributed by atoms with Gasteiger partial charge in [-0.15, -0.1) is 0 Å². The van der Waals surface area contributed by atoms with Crippen molar-refractivity contribution >= 4 is 19.1 Å². The molecule has 0 amide bonds. The van der Waals surface area contributed by atoms with Gasteiger partial charge in [0.05, 0.1) is 0 Å². The van der Waals surface area contributed by atoms with E-state index in [2.05, 4.69) is 0 Å². The summed E-state index contributed by atoms with van der Waals surface area (Å²) in [6.45, 7) is 0. The largest absolute Gasteiger partial charge is 0.569 e. The molecule has 0 aromatic carbocycles. The van der Waals surface area contributed by atoms with Gasteiger partial charge in [-0.25, -0.2) is 0 Å². The molecular formula is C4H12O5Si2. The van der Waals surface area contributed by atoms with Gasteiger partial charge >= 0.3 is 19.1 Å². The summed E-state index contributed by atoms with van der Waals surface area (Å²) >= 11 is 0. The number of hydrogen-bond donors (Lipinski definition) is 0. The predicted octanol–water partition coefficient (Wildman–Crippen LogP) is -0.442. The van der Waals surface area contributed by atoms with Gasteiger partial charge in [-0.1, -0.05) is 0 Å². The molecule has 0 unspecified atom stereocenters. The van der Waals surface area contributed by atoms with E-state index in [1.165, 1.54) is 28.4 Å². The molecule has 0 saturated carbocycles. The molecule has 0 rings (SSSR count). The summed E-state index contributed by atoms with van der Waals surface area (Å²) in [7, 11) is 2.76. The summed E-state index contributed by atoms with van der Waals surface area (Å²) in [5, 5.41) is 0. The molecule has 11 heavy (non-hydrogen) atoms.